The van der Waals surface area contributed by atoms with Gasteiger partial charge in [-0.1, -0.05) is 72.9 Å². The van der Waals surface area contributed by atoms with E-state index in [4.69, 9.17) is 0 Å². The van der Waals surface area contributed by atoms with Crippen molar-refractivity contribution in [1.29, 1.82) is 0 Å². The molecule has 0 heterocycles. The maximum absolute atomic E-state index is 4.57. The van der Waals surface area contributed by atoms with Crippen LogP contribution in [0.5, 0.6) is 0 Å². The minimum absolute atomic E-state index is 0.0947. The van der Waals surface area contributed by atoms with Crippen LogP contribution in [0.2, 0.25) is 0 Å². The molecular weight excluding hydrogens is 421 g/mol. The number of rotatable bonds is 10. The average molecular weight is 449 g/mol. The molecule has 0 radical (unpaired) electrons. The Morgan fingerprint density at radius 2 is 1.07 bits per heavy atom. The lowest BCUT2D eigenvalue weighted by molar-refractivity contribution is 0.279. The van der Waals surface area contributed by atoms with Gasteiger partial charge in [0.2, 0.25) is 0 Å². The zero-order valence-corrected chi connectivity index (χ0v) is 19.3. The van der Waals surface area contributed by atoms with Crippen molar-refractivity contribution in [3.8, 4) is 0 Å². The van der Waals surface area contributed by atoms with E-state index >= 15 is 0 Å². The topological polar surface area (TPSA) is 6.48 Å². The van der Waals surface area contributed by atoms with Crippen LogP contribution in [-0.4, -0.2) is 32.3 Å². The van der Waals surface area contributed by atoms with Gasteiger partial charge in [-0.3, -0.25) is 9.80 Å². The molecule has 2 aliphatic rings. The van der Waals surface area contributed by atoms with Crippen LogP contribution in [0.4, 0.5) is 0 Å². The van der Waals surface area contributed by atoms with E-state index in [2.05, 4.69) is 133 Å². The predicted molar refractivity (Wildman–Crippen MR) is 134 cm³/mol. The third-order valence-electron chi connectivity index (χ3n) is 4.96. The molecule has 0 aliphatic heterocycles. The van der Waals surface area contributed by atoms with Crippen LogP contribution in [0.15, 0.2) is 72.9 Å². The third-order valence-corrected chi connectivity index (χ3v) is 6.27. The highest BCUT2D eigenvalue weighted by molar-refractivity contribution is 7.99. The van der Waals surface area contributed by atoms with Crippen molar-refractivity contribution in [3.63, 3.8) is 0 Å². The van der Waals surface area contributed by atoms with Gasteiger partial charge < -0.3 is 0 Å². The molecule has 1 aromatic rings. The molecule has 1 aromatic carbocycles. The van der Waals surface area contributed by atoms with E-state index in [0.29, 0.717) is 11.8 Å². The summed E-state index contributed by atoms with van der Waals surface area (Å²) in [4.78, 5) is 4.56. The molecule has 0 fully saturated rings. The second-order valence-electron chi connectivity index (χ2n) is 7.24. The van der Waals surface area contributed by atoms with Crippen molar-refractivity contribution >= 4 is 50.5 Å². The van der Waals surface area contributed by atoms with Crippen molar-refractivity contribution in [1.82, 2.24) is 9.80 Å². The van der Waals surface area contributed by atoms with E-state index in [1.54, 1.807) is 0 Å². The van der Waals surface area contributed by atoms with Crippen LogP contribution in [0.1, 0.15) is 11.1 Å². The van der Waals surface area contributed by atoms with Gasteiger partial charge in [0.05, 0.1) is 9.41 Å². The van der Waals surface area contributed by atoms with Gasteiger partial charge in [0, 0.05) is 38.0 Å². The lowest BCUT2D eigenvalue weighted by Gasteiger charge is -2.28. The molecule has 0 unspecified atom stereocenters. The monoisotopic (exact) mass is 448 g/mol. The largest absolute Gasteiger partial charge is 0.278 e. The van der Waals surface area contributed by atoms with Crippen molar-refractivity contribution in [3.05, 3.63) is 84.0 Å². The molecule has 0 saturated carbocycles. The second-order valence-corrected chi connectivity index (χ2v) is 10.0. The Morgan fingerprint density at radius 3 is 1.43 bits per heavy atom. The zero-order valence-electron chi connectivity index (χ0n) is 15.7. The smallest absolute Gasteiger partial charge is 0.0972 e. The van der Waals surface area contributed by atoms with E-state index in [1.807, 2.05) is 0 Å². The fourth-order valence-electron chi connectivity index (χ4n) is 3.52. The van der Waals surface area contributed by atoms with Crippen LogP contribution >= 0.6 is 50.5 Å². The fraction of sp³-hybridized carbons (Fsp3) is 0.364. The number of thiol groups is 4. The Hall–Kier alpha value is -0.500. The lowest BCUT2D eigenvalue weighted by atomic mass is 10.1. The molecule has 2 aliphatic carbocycles. The number of benzene rings is 1. The summed E-state index contributed by atoms with van der Waals surface area (Å²) in [7, 11) is 0. The number of hydrogen-bond acceptors (Lipinski definition) is 6. The summed E-state index contributed by atoms with van der Waals surface area (Å²) < 4.78 is -0.189. The van der Waals surface area contributed by atoms with Gasteiger partial charge in [0.25, 0.3) is 0 Å². The van der Waals surface area contributed by atoms with Gasteiger partial charge in [0.1, 0.15) is 0 Å². The normalized spacial score (nSPS) is 16.9. The van der Waals surface area contributed by atoms with E-state index < -0.39 is 0 Å². The molecule has 3 rings (SSSR count). The summed E-state index contributed by atoms with van der Waals surface area (Å²) in [5.41, 5.74) is 2.54. The Morgan fingerprint density at radius 1 is 0.679 bits per heavy atom. The number of hydrogen-bond donors (Lipinski definition) is 4. The predicted octanol–water partition coefficient (Wildman–Crippen LogP) is 5.06. The summed E-state index contributed by atoms with van der Waals surface area (Å²) in [6.45, 7) is 3.47. The summed E-state index contributed by atoms with van der Waals surface area (Å²) in [6.07, 6.45) is 17.3. The molecule has 0 spiro atoms. The van der Waals surface area contributed by atoms with Gasteiger partial charge in [-0.15, -0.1) is 50.5 Å². The van der Waals surface area contributed by atoms with Gasteiger partial charge in [-0.2, -0.15) is 0 Å². The maximum Gasteiger partial charge on any atom is 0.0972 e. The molecule has 6 heteroatoms. The van der Waals surface area contributed by atoms with Crippen molar-refractivity contribution in [2.75, 3.05) is 13.1 Å². The highest BCUT2D eigenvalue weighted by Gasteiger charge is 2.18. The quantitative estimate of drug-likeness (QED) is 0.293. The summed E-state index contributed by atoms with van der Waals surface area (Å²) in [5.74, 6) is 0.865. The Labute approximate surface area is 191 Å². The molecule has 28 heavy (non-hydrogen) atoms. The SMILES string of the molecule is SC(S)N(Cc1cccc(CN(CC2C=CC=C2)C(S)S)c1)CC1C=CC=C1. The molecule has 0 N–H and O–H groups in total. The lowest BCUT2D eigenvalue weighted by Crippen LogP contribution is -2.32. The Balaban J connectivity index is 1.64. The van der Waals surface area contributed by atoms with Crippen LogP contribution in [-0.2, 0) is 13.1 Å². The van der Waals surface area contributed by atoms with E-state index in [1.165, 1.54) is 11.1 Å². The van der Waals surface area contributed by atoms with E-state index in [0.717, 1.165) is 26.2 Å². The van der Waals surface area contributed by atoms with Gasteiger partial charge in [-0.05, 0) is 11.1 Å². The van der Waals surface area contributed by atoms with Gasteiger partial charge in [0.15, 0.2) is 0 Å². The molecule has 150 valence electrons. The first-order chi connectivity index (χ1) is 13.5. The third kappa shape index (κ3) is 6.78. The van der Waals surface area contributed by atoms with Gasteiger partial charge >= 0.3 is 0 Å². The molecule has 0 aromatic heterocycles. The van der Waals surface area contributed by atoms with E-state index in [-0.39, 0.29) is 9.41 Å². The van der Waals surface area contributed by atoms with Crippen molar-refractivity contribution in [2.24, 2.45) is 11.8 Å². The molecular formula is C22H28N2S4. The number of nitrogens with zero attached hydrogens (tertiary/aromatic N) is 2. The minimum atomic E-state index is -0.0947. The standard InChI is InChI=1S/C22H28N2S4/c25-21(26)23(13-17-6-1-2-7-17)15-19-10-5-11-20(12-19)16-24(22(27)28)14-18-8-3-4-9-18/h1-12,17-18,21-22,25-28H,13-16H2. The highest BCUT2D eigenvalue weighted by Crippen LogP contribution is 2.22. The molecule has 0 amide bonds. The first kappa shape index (κ1) is 22.2. The molecule has 0 bridgehead atoms. The summed E-state index contributed by atoms with van der Waals surface area (Å²) >= 11 is 18.3. The fourth-order valence-corrected chi connectivity index (χ4v) is 4.22. The molecule has 0 atom stereocenters. The Kier molecular flexibility index (Phi) is 8.75. The van der Waals surface area contributed by atoms with E-state index in [9.17, 15) is 0 Å². The zero-order chi connectivity index (χ0) is 19.9. The summed E-state index contributed by atoms with van der Waals surface area (Å²) in [5, 5.41) is 0. The minimum Gasteiger partial charge on any atom is -0.278 e. The number of allylic oxidation sites excluding steroid dienone is 4. The van der Waals surface area contributed by atoms with Gasteiger partial charge in [-0.25, -0.2) is 0 Å². The van der Waals surface area contributed by atoms with Crippen LogP contribution in [0.3, 0.4) is 0 Å². The first-order valence-electron chi connectivity index (χ1n) is 9.49. The molecule has 2 nitrogen and oxygen atoms in total. The van der Waals surface area contributed by atoms with Crippen LogP contribution in [0.25, 0.3) is 0 Å². The second kappa shape index (κ2) is 11.0. The van der Waals surface area contributed by atoms with Crippen LogP contribution < -0.4 is 0 Å². The van der Waals surface area contributed by atoms with Crippen molar-refractivity contribution in [2.45, 2.75) is 22.5 Å². The van der Waals surface area contributed by atoms with Crippen molar-refractivity contribution < 1.29 is 0 Å². The molecule has 0 saturated heterocycles. The summed E-state index contributed by atoms with van der Waals surface area (Å²) in [6, 6.07) is 8.75. The Bertz CT molecular complexity index is 671. The maximum atomic E-state index is 4.57. The average Bonchev–Trinajstić information content (AvgIpc) is 3.35. The first-order valence-corrected chi connectivity index (χ1v) is 11.6. The van der Waals surface area contributed by atoms with Crippen LogP contribution in [0, 0.1) is 11.8 Å². The highest BCUT2D eigenvalue weighted by atomic mass is 32.2.